The number of nitro benzene ring substituents is 1. The predicted molar refractivity (Wildman–Crippen MR) is 112 cm³/mol. The van der Waals surface area contributed by atoms with Crippen molar-refractivity contribution in [1.29, 1.82) is 0 Å². The number of nitrogens with zero attached hydrogens (tertiary/aromatic N) is 5. The molecule has 0 saturated heterocycles. The molecule has 2 aromatic carbocycles. The number of carbonyl (C=O) groups is 1. The Labute approximate surface area is 172 Å². The summed E-state index contributed by atoms with van der Waals surface area (Å²) >= 11 is 0. The minimum atomic E-state index is -0.466. The van der Waals surface area contributed by atoms with Gasteiger partial charge in [0.15, 0.2) is 5.69 Å². The molecule has 0 fully saturated rings. The second-order valence-electron chi connectivity index (χ2n) is 6.83. The standard InChI is InChI=1S/C21H20N6O3/c1-15-23-18-8-2-3-9-20(18)25(15)12-5-11-22-21(28)19-10-13-26(24-19)16-6-4-7-17(14-16)27(29)30/h2-4,6-10,13-14H,5,11-12H2,1H3,(H,22,28). The van der Waals surface area contributed by atoms with E-state index in [0.717, 1.165) is 29.8 Å². The van der Waals surface area contributed by atoms with E-state index >= 15 is 0 Å². The number of amides is 1. The Balaban J connectivity index is 1.35. The van der Waals surface area contributed by atoms with E-state index in [1.54, 1.807) is 24.4 Å². The van der Waals surface area contributed by atoms with Crippen LogP contribution >= 0.6 is 0 Å². The molecule has 4 aromatic rings. The van der Waals surface area contributed by atoms with E-state index in [1.807, 2.05) is 31.2 Å². The zero-order valence-electron chi connectivity index (χ0n) is 16.4. The average Bonchev–Trinajstić information content (AvgIpc) is 3.36. The smallest absolute Gasteiger partial charge is 0.271 e. The van der Waals surface area contributed by atoms with Crippen molar-refractivity contribution in [3.05, 3.63) is 82.4 Å². The molecule has 0 aliphatic rings. The van der Waals surface area contributed by atoms with Crippen LogP contribution in [0.4, 0.5) is 5.69 Å². The molecule has 0 radical (unpaired) electrons. The maximum atomic E-state index is 12.4. The fraction of sp³-hybridized carbons (Fsp3) is 0.190. The Bertz CT molecular complexity index is 1230. The lowest BCUT2D eigenvalue weighted by atomic mass is 10.3. The number of nitrogens with one attached hydrogen (secondary N) is 1. The number of hydrogen-bond acceptors (Lipinski definition) is 5. The molecule has 0 unspecified atom stereocenters. The molecular formula is C21H20N6O3. The second-order valence-corrected chi connectivity index (χ2v) is 6.83. The number of non-ortho nitro benzene ring substituents is 1. The lowest BCUT2D eigenvalue weighted by Gasteiger charge is -2.07. The molecule has 0 spiro atoms. The second kappa shape index (κ2) is 8.16. The van der Waals surface area contributed by atoms with Gasteiger partial charge in [-0.25, -0.2) is 9.67 Å². The summed E-state index contributed by atoms with van der Waals surface area (Å²) in [7, 11) is 0. The molecule has 9 heteroatoms. The molecule has 9 nitrogen and oxygen atoms in total. The predicted octanol–water partition coefficient (Wildman–Crippen LogP) is 3.26. The van der Waals surface area contributed by atoms with Crippen molar-refractivity contribution >= 4 is 22.6 Å². The summed E-state index contributed by atoms with van der Waals surface area (Å²) in [5.41, 5.74) is 2.79. The van der Waals surface area contributed by atoms with Crippen LogP contribution in [0.15, 0.2) is 60.8 Å². The molecule has 4 rings (SSSR count). The summed E-state index contributed by atoms with van der Waals surface area (Å²) in [4.78, 5) is 27.4. The van der Waals surface area contributed by atoms with Gasteiger partial charge in [-0.05, 0) is 37.6 Å². The first-order chi connectivity index (χ1) is 14.5. The van der Waals surface area contributed by atoms with Gasteiger partial charge in [-0.15, -0.1) is 0 Å². The zero-order valence-corrected chi connectivity index (χ0v) is 16.4. The molecule has 0 aliphatic heterocycles. The summed E-state index contributed by atoms with van der Waals surface area (Å²) in [6, 6.07) is 15.6. The number of aryl methyl sites for hydroxylation is 2. The maximum Gasteiger partial charge on any atom is 0.271 e. The van der Waals surface area contributed by atoms with Crippen molar-refractivity contribution in [2.75, 3.05) is 6.54 Å². The summed E-state index contributed by atoms with van der Waals surface area (Å²) in [6.45, 7) is 3.21. The third kappa shape index (κ3) is 3.90. The number of benzene rings is 2. The number of imidazole rings is 1. The Morgan fingerprint density at radius 2 is 2.00 bits per heavy atom. The van der Waals surface area contributed by atoms with Crippen LogP contribution in [0, 0.1) is 17.0 Å². The first kappa shape index (κ1) is 19.3. The molecule has 30 heavy (non-hydrogen) atoms. The number of para-hydroxylation sites is 2. The third-order valence-corrected chi connectivity index (χ3v) is 4.82. The van der Waals surface area contributed by atoms with Crippen molar-refractivity contribution in [3.8, 4) is 5.69 Å². The van der Waals surface area contributed by atoms with Crippen LogP contribution in [-0.2, 0) is 6.54 Å². The van der Waals surface area contributed by atoms with Crippen LogP contribution in [0.5, 0.6) is 0 Å². The first-order valence-electron chi connectivity index (χ1n) is 9.53. The third-order valence-electron chi connectivity index (χ3n) is 4.82. The van der Waals surface area contributed by atoms with E-state index in [9.17, 15) is 14.9 Å². The number of aromatic nitrogens is 4. The van der Waals surface area contributed by atoms with Crippen LogP contribution in [0.1, 0.15) is 22.7 Å². The largest absolute Gasteiger partial charge is 0.351 e. The van der Waals surface area contributed by atoms with Crippen molar-refractivity contribution in [3.63, 3.8) is 0 Å². The van der Waals surface area contributed by atoms with Gasteiger partial charge in [-0.1, -0.05) is 18.2 Å². The Morgan fingerprint density at radius 3 is 2.83 bits per heavy atom. The highest BCUT2D eigenvalue weighted by Gasteiger charge is 2.12. The Kier molecular flexibility index (Phi) is 5.25. The molecule has 0 saturated carbocycles. The lowest BCUT2D eigenvalue weighted by Crippen LogP contribution is -2.26. The zero-order chi connectivity index (χ0) is 21.1. The molecule has 0 aliphatic carbocycles. The van der Waals surface area contributed by atoms with Gasteiger partial charge in [-0.3, -0.25) is 14.9 Å². The SMILES string of the molecule is Cc1nc2ccccc2n1CCCNC(=O)c1ccn(-c2cccc([N+](=O)[O-])c2)n1. The van der Waals surface area contributed by atoms with E-state index in [2.05, 4.69) is 20.0 Å². The molecule has 2 heterocycles. The average molecular weight is 404 g/mol. The fourth-order valence-electron chi connectivity index (χ4n) is 3.35. The van der Waals surface area contributed by atoms with Crippen LogP contribution in [-0.4, -0.2) is 36.7 Å². The fourth-order valence-corrected chi connectivity index (χ4v) is 3.35. The topological polar surface area (TPSA) is 108 Å². The summed E-state index contributed by atoms with van der Waals surface area (Å²) in [5, 5.41) is 18.0. The van der Waals surface area contributed by atoms with Gasteiger partial charge in [0, 0.05) is 31.4 Å². The minimum absolute atomic E-state index is 0.0312. The van der Waals surface area contributed by atoms with E-state index < -0.39 is 4.92 Å². The summed E-state index contributed by atoms with van der Waals surface area (Å²) in [5.74, 6) is 0.657. The highest BCUT2D eigenvalue weighted by molar-refractivity contribution is 5.92. The van der Waals surface area contributed by atoms with Crippen molar-refractivity contribution in [1.82, 2.24) is 24.6 Å². The number of fused-ring (bicyclic) bond motifs is 1. The van der Waals surface area contributed by atoms with E-state index in [0.29, 0.717) is 12.2 Å². The van der Waals surface area contributed by atoms with Crippen molar-refractivity contribution in [2.45, 2.75) is 19.9 Å². The quantitative estimate of drug-likeness (QED) is 0.289. The molecule has 0 bridgehead atoms. The summed E-state index contributed by atoms with van der Waals surface area (Å²) in [6.07, 6.45) is 2.35. The summed E-state index contributed by atoms with van der Waals surface area (Å²) < 4.78 is 3.58. The monoisotopic (exact) mass is 404 g/mol. The van der Waals surface area contributed by atoms with E-state index in [1.165, 1.54) is 16.8 Å². The highest BCUT2D eigenvalue weighted by Crippen LogP contribution is 2.17. The highest BCUT2D eigenvalue weighted by atomic mass is 16.6. The number of hydrogen-bond donors (Lipinski definition) is 1. The maximum absolute atomic E-state index is 12.4. The van der Waals surface area contributed by atoms with Crippen LogP contribution in [0.2, 0.25) is 0 Å². The molecule has 1 amide bonds. The molecule has 0 atom stereocenters. The number of nitro groups is 1. The van der Waals surface area contributed by atoms with Crippen molar-refractivity contribution in [2.24, 2.45) is 0 Å². The van der Waals surface area contributed by atoms with Gasteiger partial charge < -0.3 is 9.88 Å². The lowest BCUT2D eigenvalue weighted by molar-refractivity contribution is -0.384. The molecule has 152 valence electrons. The molecular weight excluding hydrogens is 384 g/mol. The molecule has 1 N–H and O–H groups in total. The van der Waals surface area contributed by atoms with Gasteiger partial charge in [-0.2, -0.15) is 5.10 Å². The van der Waals surface area contributed by atoms with E-state index in [4.69, 9.17) is 0 Å². The van der Waals surface area contributed by atoms with Gasteiger partial charge >= 0.3 is 0 Å². The number of rotatable bonds is 7. The van der Waals surface area contributed by atoms with Crippen LogP contribution in [0.25, 0.3) is 16.7 Å². The number of carbonyl (C=O) groups excluding carboxylic acids is 1. The minimum Gasteiger partial charge on any atom is -0.351 e. The van der Waals surface area contributed by atoms with E-state index in [-0.39, 0.29) is 17.3 Å². The van der Waals surface area contributed by atoms with Gasteiger partial charge in [0.25, 0.3) is 11.6 Å². The van der Waals surface area contributed by atoms with Crippen LogP contribution < -0.4 is 5.32 Å². The normalized spacial score (nSPS) is 11.0. The first-order valence-corrected chi connectivity index (χ1v) is 9.53. The van der Waals surface area contributed by atoms with Gasteiger partial charge in [0.05, 0.1) is 21.6 Å². The molecule has 2 aromatic heterocycles. The Morgan fingerprint density at radius 1 is 1.17 bits per heavy atom. The van der Waals surface area contributed by atoms with Gasteiger partial charge in [0.2, 0.25) is 0 Å². The van der Waals surface area contributed by atoms with Gasteiger partial charge in [0.1, 0.15) is 5.82 Å². The van der Waals surface area contributed by atoms with Crippen LogP contribution in [0.3, 0.4) is 0 Å². The van der Waals surface area contributed by atoms with Crippen molar-refractivity contribution < 1.29 is 9.72 Å². The Hall–Kier alpha value is -4.01.